The van der Waals surface area contributed by atoms with E-state index < -0.39 is 0 Å². The van der Waals surface area contributed by atoms with Crippen LogP contribution < -0.4 is 5.32 Å². The van der Waals surface area contributed by atoms with Crippen molar-refractivity contribution < 1.29 is 14.3 Å². The number of esters is 1. The van der Waals surface area contributed by atoms with Gasteiger partial charge in [-0.2, -0.15) is 0 Å². The van der Waals surface area contributed by atoms with Crippen molar-refractivity contribution >= 4 is 5.97 Å². The van der Waals surface area contributed by atoms with E-state index in [2.05, 4.69) is 26.1 Å². The first kappa shape index (κ1) is 14.3. The van der Waals surface area contributed by atoms with E-state index in [1.165, 1.54) is 12.8 Å². The molecule has 0 spiro atoms. The Kier molecular flexibility index (Phi) is 3.18. The van der Waals surface area contributed by atoms with Gasteiger partial charge in [-0.3, -0.25) is 0 Å². The molecule has 4 heteroatoms. The van der Waals surface area contributed by atoms with Crippen molar-refractivity contribution in [2.75, 3.05) is 19.7 Å². The second-order valence-electron chi connectivity index (χ2n) is 7.93. The Balaban J connectivity index is 1.55. The molecule has 1 aliphatic heterocycles. The molecule has 3 atom stereocenters. The highest BCUT2D eigenvalue weighted by Gasteiger charge is 2.62. The first-order chi connectivity index (χ1) is 9.27. The molecule has 20 heavy (non-hydrogen) atoms. The summed E-state index contributed by atoms with van der Waals surface area (Å²) < 4.78 is 11.4. The minimum atomic E-state index is -0.201. The van der Waals surface area contributed by atoms with E-state index in [1.54, 1.807) is 0 Å². The summed E-state index contributed by atoms with van der Waals surface area (Å²) in [5.41, 5.74) is 0.231. The molecule has 2 aliphatic carbocycles. The molecule has 3 unspecified atom stereocenters. The third-order valence-electron chi connectivity index (χ3n) is 6.52. The molecule has 0 aromatic heterocycles. The molecule has 0 radical (unpaired) electrons. The summed E-state index contributed by atoms with van der Waals surface area (Å²) in [7, 11) is 0. The van der Waals surface area contributed by atoms with E-state index >= 15 is 0 Å². The SMILES string of the molecule is CC1(OCC(=O)OC2CC3CCC2(C)C3(C)C)CNC1. The molecule has 1 N–H and O–H groups in total. The third kappa shape index (κ3) is 2.00. The molecule has 3 rings (SSSR count). The summed E-state index contributed by atoms with van der Waals surface area (Å²) in [6, 6.07) is 0. The summed E-state index contributed by atoms with van der Waals surface area (Å²) in [5, 5.41) is 3.16. The van der Waals surface area contributed by atoms with E-state index in [4.69, 9.17) is 9.47 Å². The number of nitrogens with one attached hydrogen (secondary N) is 1. The summed E-state index contributed by atoms with van der Waals surface area (Å²) >= 11 is 0. The number of hydrogen-bond acceptors (Lipinski definition) is 4. The van der Waals surface area contributed by atoms with Crippen molar-refractivity contribution in [3.63, 3.8) is 0 Å². The van der Waals surface area contributed by atoms with Gasteiger partial charge in [-0.15, -0.1) is 0 Å². The summed E-state index contributed by atoms with van der Waals surface area (Å²) in [6.07, 6.45) is 3.54. The zero-order valence-corrected chi connectivity index (χ0v) is 13.1. The van der Waals surface area contributed by atoms with Crippen LogP contribution in [0.25, 0.3) is 0 Å². The van der Waals surface area contributed by atoms with Crippen LogP contribution in [0.1, 0.15) is 47.0 Å². The van der Waals surface area contributed by atoms with Gasteiger partial charge in [0.25, 0.3) is 0 Å². The largest absolute Gasteiger partial charge is 0.460 e. The highest BCUT2D eigenvalue weighted by molar-refractivity contribution is 5.71. The molecule has 2 bridgehead atoms. The van der Waals surface area contributed by atoms with Crippen molar-refractivity contribution in [2.45, 2.75) is 58.7 Å². The molecular weight excluding hydrogens is 254 g/mol. The minimum Gasteiger partial charge on any atom is -0.460 e. The van der Waals surface area contributed by atoms with Gasteiger partial charge in [-0.05, 0) is 37.5 Å². The molecule has 1 saturated heterocycles. The van der Waals surface area contributed by atoms with Crippen molar-refractivity contribution in [1.29, 1.82) is 0 Å². The smallest absolute Gasteiger partial charge is 0.332 e. The summed E-state index contributed by atoms with van der Waals surface area (Å²) in [6.45, 7) is 10.7. The first-order valence-electron chi connectivity index (χ1n) is 7.81. The minimum absolute atomic E-state index is 0.0691. The van der Waals surface area contributed by atoms with Crippen LogP contribution in [-0.2, 0) is 14.3 Å². The number of fused-ring (bicyclic) bond motifs is 2. The van der Waals surface area contributed by atoms with Crippen LogP contribution in [0.15, 0.2) is 0 Å². The average molecular weight is 281 g/mol. The summed E-state index contributed by atoms with van der Waals surface area (Å²) in [5.74, 6) is 0.493. The number of ether oxygens (including phenoxy) is 2. The Morgan fingerprint density at radius 1 is 1.25 bits per heavy atom. The number of carbonyl (C=O) groups is 1. The fraction of sp³-hybridized carbons (Fsp3) is 0.938. The van der Waals surface area contributed by atoms with Crippen molar-refractivity contribution in [1.82, 2.24) is 5.32 Å². The van der Waals surface area contributed by atoms with Crippen LogP contribution >= 0.6 is 0 Å². The lowest BCUT2D eigenvalue weighted by molar-refractivity contribution is -0.170. The molecule has 3 aliphatic rings. The van der Waals surface area contributed by atoms with Gasteiger partial charge in [0, 0.05) is 18.5 Å². The molecule has 0 aromatic rings. The normalized spacial score (nSPS) is 40.4. The standard InChI is InChI=1S/C16H27NO3/c1-14(2)11-5-6-16(14,4)12(7-11)20-13(18)8-19-15(3)9-17-10-15/h11-12,17H,5-10H2,1-4H3. The van der Waals surface area contributed by atoms with Crippen LogP contribution in [0, 0.1) is 16.7 Å². The fourth-order valence-electron chi connectivity index (χ4n) is 4.31. The number of hydrogen-bond donors (Lipinski definition) is 1. The van der Waals surface area contributed by atoms with Crippen LogP contribution in [0.4, 0.5) is 0 Å². The Hall–Kier alpha value is -0.610. The highest BCUT2D eigenvalue weighted by atomic mass is 16.6. The summed E-state index contributed by atoms with van der Waals surface area (Å²) in [4.78, 5) is 12.0. The molecule has 0 amide bonds. The van der Waals surface area contributed by atoms with Gasteiger partial charge in [0.05, 0.1) is 5.60 Å². The lowest BCUT2D eigenvalue weighted by Gasteiger charge is -2.40. The van der Waals surface area contributed by atoms with Crippen molar-refractivity contribution in [3.05, 3.63) is 0 Å². The maximum absolute atomic E-state index is 12.0. The van der Waals surface area contributed by atoms with Crippen molar-refractivity contribution in [2.24, 2.45) is 16.7 Å². The van der Waals surface area contributed by atoms with E-state index in [0.29, 0.717) is 5.92 Å². The van der Waals surface area contributed by atoms with Gasteiger partial charge >= 0.3 is 5.97 Å². The maximum Gasteiger partial charge on any atom is 0.332 e. The number of rotatable bonds is 4. The molecule has 1 heterocycles. The molecular formula is C16H27NO3. The van der Waals surface area contributed by atoms with E-state index in [1.807, 2.05) is 6.92 Å². The molecule has 2 saturated carbocycles. The van der Waals surface area contributed by atoms with Gasteiger partial charge in [-0.1, -0.05) is 20.8 Å². The lowest BCUT2D eigenvalue weighted by atomic mass is 9.70. The molecule has 114 valence electrons. The highest BCUT2D eigenvalue weighted by Crippen LogP contribution is 2.66. The fourth-order valence-corrected chi connectivity index (χ4v) is 4.31. The van der Waals surface area contributed by atoms with Gasteiger partial charge < -0.3 is 14.8 Å². The van der Waals surface area contributed by atoms with Gasteiger partial charge in [0.1, 0.15) is 12.7 Å². The van der Waals surface area contributed by atoms with E-state index in [-0.39, 0.29) is 35.1 Å². The van der Waals surface area contributed by atoms with Gasteiger partial charge in [0.2, 0.25) is 0 Å². The van der Waals surface area contributed by atoms with Crippen molar-refractivity contribution in [3.8, 4) is 0 Å². The van der Waals surface area contributed by atoms with E-state index in [9.17, 15) is 4.79 Å². The molecule has 3 fully saturated rings. The van der Waals surface area contributed by atoms with Crippen LogP contribution in [-0.4, -0.2) is 37.4 Å². The maximum atomic E-state index is 12.0. The zero-order valence-electron chi connectivity index (χ0n) is 13.1. The topological polar surface area (TPSA) is 47.6 Å². The first-order valence-corrected chi connectivity index (χ1v) is 7.81. The van der Waals surface area contributed by atoms with E-state index in [0.717, 1.165) is 19.5 Å². The quantitative estimate of drug-likeness (QED) is 0.802. The predicted molar refractivity (Wildman–Crippen MR) is 76.3 cm³/mol. The predicted octanol–water partition coefficient (Wildman–Crippen LogP) is 2.12. The zero-order chi connectivity index (χ0) is 14.6. The molecule has 4 nitrogen and oxygen atoms in total. The van der Waals surface area contributed by atoms with Gasteiger partial charge in [0.15, 0.2) is 0 Å². The van der Waals surface area contributed by atoms with Crippen LogP contribution in [0.3, 0.4) is 0 Å². The third-order valence-corrected chi connectivity index (χ3v) is 6.52. The van der Waals surface area contributed by atoms with Crippen LogP contribution in [0.5, 0.6) is 0 Å². The Labute approximate surface area is 121 Å². The molecule has 0 aromatic carbocycles. The lowest BCUT2D eigenvalue weighted by Crippen LogP contribution is -2.59. The van der Waals surface area contributed by atoms with Crippen LogP contribution in [0.2, 0.25) is 0 Å². The Morgan fingerprint density at radius 3 is 2.40 bits per heavy atom. The second-order valence-corrected chi connectivity index (χ2v) is 7.93. The average Bonchev–Trinajstić information content (AvgIpc) is 2.67. The number of carbonyl (C=O) groups excluding carboxylic acids is 1. The Bertz CT molecular complexity index is 416. The second kappa shape index (κ2) is 4.44. The monoisotopic (exact) mass is 281 g/mol. The Morgan fingerprint density at radius 2 is 1.95 bits per heavy atom. The van der Waals surface area contributed by atoms with Gasteiger partial charge in [-0.25, -0.2) is 4.79 Å².